The highest BCUT2D eigenvalue weighted by Gasteiger charge is 2.44. The molecule has 0 aromatic heterocycles. The number of rotatable bonds is 9. The van der Waals surface area contributed by atoms with Crippen molar-refractivity contribution in [2.24, 2.45) is 0 Å². The molecule has 0 heterocycles. The van der Waals surface area contributed by atoms with Crippen molar-refractivity contribution in [3.05, 3.63) is 35.9 Å². The van der Waals surface area contributed by atoms with E-state index in [0.717, 1.165) is 19.3 Å². The fourth-order valence-corrected chi connectivity index (χ4v) is 3.21. The van der Waals surface area contributed by atoms with Gasteiger partial charge in [0.2, 0.25) is 0 Å². The average Bonchev–Trinajstić information content (AvgIpc) is 2.57. The van der Waals surface area contributed by atoms with Gasteiger partial charge in [0.1, 0.15) is 5.60 Å². The third kappa shape index (κ3) is 4.29. The lowest BCUT2D eigenvalue weighted by molar-refractivity contribution is -0.180. The maximum atomic E-state index is 6.35. The van der Waals surface area contributed by atoms with Gasteiger partial charge in [0.25, 0.3) is 0 Å². The fourth-order valence-electron chi connectivity index (χ4n) is 3.21. The van der Waals surface area contributed by atoms with Crippen LogP contribution in [0.4, 0.5) is 0 Å². The van der Waals surface area contributed by atoms with Crippen molar-refractivity contribution in [1.82, 2.24) is 0 Å². The van der Waals surface area contributed by atoms with Crippen molar-refractivity contribution in [2.75, 3.05) is 40.6 Å². The summed E-state index contributed by atoms with van der Waals surface area (Å²) in [6.45, 7) is 2.39. The molecule has 1 aromatic carbocycles. The molecule has 124 valence electrons. The second-order valence-electron chi connectivity index (χ2n) is 5.69. The summed E-state index contributed by atoms with van der Waals surface area (Å²) in [7, 11) is 3.40. The normalized spacial score (nSPS) is 25.3. The molecular formula is C18H28O4. The Morgan fingerprint density at radius 2 is 1.68 bits per heavy atom. The van der Waals surface area contributed by atoms with Gasteiger partial charge < -0.3 is 18.9 Å². The molecule has 1 aromatic rings. The van der Waals surface area contributed by atoms with Gasteiger partial charge in [0, 0.05) is 14.2 Å². The zero-order valence-corrected chi connectivity index (χ0v) is 13.8. The minimum absolute atomic E-state index is 0.0654. The summed E-state index contributed by atoms with van der Waals surface area (Å²) < 4.78 is 22.8. The summed E-state index contributed by atoms with van der Waals surface area (Å²) in [5.41, 5.74) is 0.833. The molecular weight excluding hydrogens is 280 g/mol. The number of hydrogen-bond donors (Lipinski definition) is 0. The summed E-state index contributed by atoms with van der Waals surface area (Å²) in [6, 6.07) is 10.5. The molecule has 2 rings (SSSR count). The van der Waals surface area contributed by atoms with Crippen molar-refractivity contribution in [1.29, 1.82) is 0 Å². The predicted octanol–water partition coefficient (Wildman–Crippen LogP) is 3.15. The van der Waals surface area contributed by atoms with Crippen molar-refractivity contribution < 1.29 is 18.9 Å². The minimum atomic E-state index is -0.369. The average molecular weight is 308 g/mol. The van der Waals surface area contributed by atoms with Crippen LogP contribution in [0.3, 0.4) is 0 Å². The predicted molar refractivity (Wildman–Crippen MR) is 86.0 cm³/mol. The van der Waals surface area contributed by atoms with Gasteiger partial charge in [-0.1, -0.05) is 43.2 Å². The fraction of sp³-hybridized carbons (Fsp3) is 0.667. The lowest BCUT2D eigenvalue weighted by atomic mass is 9.77. The quantitative estimate of drug-likeness (QED) is 0.657. The van der Waals surface area contributed by atoms with E-state index in [9.17, 15) is 0 Å². The number of hydrogen-bond acceptors (Lipinski definition) is 4. The molecule has 22 heavy (non-hydrogen) atoms. The topological polar surface area (TPSA) is 36.9 Å². The molecule has 0 bridgehead atoms. The van der Waals surface area contributed by atoms with Crippen LogP contribution in [-0.4, -0.2) is 46.8 Å². The van der Waals surface area contributed by atoms with E-state index < -0.39 is 0 Å². The smallest absolute Gasteiger partial charge is 0.119 e. The Labute approximate surface area is 133 Å². The van der Waals surface area contributed by atoms with E-state index in [1.165, 1.54) is 12.0 Å². The zero-order chi connectivity index (χ0) is 15.7. The molecule has 1 saturated carbocycles. The summed E-state index contributed by atoms with van der Waals surface area (Å²) in [6.07, 6.45) is 4.41. The number of methoxy groups -OCH3 is 2. The Balaban J connectivity index is 2.19. The van der Waals surface area contributed by atoms with Crippen LogP contribution in [0.2, 0.25) is 0 Å². The van der Waals surface area contributed by atoms with Gasteiger partial charge in [-0.2, -0.15) is 0 Å². The summed E-state index contributed by atoms with van der Waals surface area (Å²) in [5.74, 6) is 0. The van der Waals surface area contributed by atoms with Crippen molar-refractivity contribution >= 4 is 0 Å². The Morgan fingerprint density at radius 1 is 0.955 bits per heavy atom. The van der Waals surface area contributed by atoms with E-state index in [1.54, 1.807) is 14.2 Å². The van der Waals surface area contributed by atoms with Crippen LogP contribution in [-0.2, 0) is 24.5 Å². The van der Waals surface area contributed by atoms with Crippen LogP contribution in [0.25, 0.3) is 0 Å². The Hall–Kier alpha value is -0.940. The second kappa shape index (κ2) is 9.26. The molecule has 0 saturated heterocycles. The highest BCUT2D eigenvalue weighted by molar-refractivity contribution is 5.25. The van der Waals surface area contributed by atoms with E-state index in [0.29, 0.717) is 26.4 Å². The van der Waals surface area contributed by atoms with Crippen LogP contribution >= 0.6 is 0 Å². The van der Waals surface area contributed by atoms with Crippen LogP contribution < -0.4 is 0 Å². The lowest BCUT2D eigenvalue weighted by Crippen LogP contribution is -2.47. The van der Waals surface area contributed by atoms with E-state index >= 15 is 0 Å². The molecule has 4 nitrogen and oxygen atoms in total. The summed E-state index contributed by atoms with van der Waals surface area (Å²) in [4.78, 5) is 0. The molecule has 1 aliphatic rings. The lowest BCUT2D eigenvalue weighted by Gasteiger charge is -2.44. The van der Waals surface area contributed by atoms with Crippen molar-refractivity contribution in [3.8, 4) is 0 Å². The van der Waals surface area contributed by atoms with Gasteiger partial charge in [-0.15, -0.1) is 0 Å². The van der Waals surface area contributed by atoms with Gasteiger partial charge in [-0.25, -0.2) is 0 Å². The molecule has 0 unspecified atom stereocenters. The van der Waals surface area contributed by atoms with E-state index in [-0.39, 0.29) is 11.7 Å². The Morgan fingerprint density at radius 3 is 2.41 bits per heavy atom. The van der Waals surface area contributed by atoms with E-state index in [2.05, 4.69) is 24.3 Å². The molecule has 0 amide bonds. The number of benzene rings is 1. The maximum absolute atomic E-state index is 6.35. The molecule has 2 atom stereocenters. The zero-order valence-electron chi connectivity index (χ0n) is 13.8. The summed E-state index contributed by atoms with van der Waals surface area (Å²) >= 11 is 0. The van der Waals surface area contributed by atoms with E-state index in [4.69, 9.17) is 18.9 Å². The third-order valence-corrected chi connectivity index (χ3v) is 4.30. The first-order valence-electron chi connectivity index (χ1n) is 8.12. The van der Waals surface area contributed by atoms with Crippen molar-refractivity contribution in [3.63, 3.8) is 0 Å². The highest BCUT2D eigenvalue weighted by Crippen LogP contribution is 2.42. The summed E-state index contributed by atoms with van der Waals surface area (Å²) in [5, 5.41) is 0. The van der Waals surface area contributed by atoms with Crippen LogP contribution in [0.5, 0.6) is 0 Å². The van der Waals surface area contributed by atoms with Crippen LogP contribution in [0.1, 0.15) is 31.2 Å². The third-order valence-electron chi connectivity index (χ3n) is 4.30. The SMILES string of the molecule is COCCO[C@@H]1CCCC[C@@]1(OCCOC)c1ccccc1. The van der Waals surface area contributed by atoms with Crippen molar-refractivity contribution in [2.45, 2.75) is 37.4 Å². The van der Waals surface area contributed by atoms with Gasteiger partial charge in [-0.05, 0) is 18.4 Å². The minimum Gasteiger partial charge on any atom is -0.382 e. The largest absolute Gasteiger partial charge is 0.382 e. The van der Waals surface area contributed by atoms with Gasteiger partial charge >= 0.3 is 0 Å². The second-order valence-corrected chi connectivity index (χ2v) is 5.69. The molecule has 0 aliphatic heterocycles. The standard InChI is InChI=1S/C18H28O4/c1-19-12-14-21-17-10-6-7-11-18(17,22-15-13-20-2)16-8-4-3-5-9-16/h3-5,8-9,17H,6-7,10-15H2,1-2H3/t17-,18-/m1/s1. The first-order chi connectivity index (χ1) is 10.8. The van der Waals surface area contributed by atoms with Gasteiger partial charge in [0.05, 0.1) is 32.5 Å². The van der Waals surface area contributed by atoms with Crippen LogP contribution in [0.15, 0.2) is 30.3 Å². The molecule has 4 heteroatoms. The first kappa shape index (κ1) is 17.4. The van der Waals surface area contributed by atoms with Crippen LogP contribution in [0, 0.1) is 0 Å². The monoisotopic (exact) mass is 308 g/mol. The maximum Gasteiger partial charge on any atom is 0.119 e. The van der Waals surface area contributed by atoms with Gasteiger partial charge in [-0.3, -0.25) is 0 Å². The molecule has 1 fully saturated rings. The molecule has 1 aliphatic carbocycles. The molecule has 0 radical (unpaired) electrons. The number of ether oxygens (including phenoxy) is 4. The Kier molecular flexibility index (Phi) is 7.33. The molecule has 0 N–H and O–H groups in total. The molecule has 0 spiro atoms. The van der Waals surface area contributed by atoms with Gasteiger partial charge in [0.15, 0.2) is 0 Å². The Bertz CT molecular complexity index is 409. The van der Waals surface area contributed by atoms with E-state index in [1.807, 2.05) is 6.07 Å². The first-order valence-corrected chi connectivity index (χ1v) is 8.12. The highest BCUT2D eigenvalue weighted by atomic mass is 16.6.